The van der Waals surface area contributed by atoms with Crippen LogP contribution in [0.15, 0.2) is 48.5 Å². The van der Waals surface area contributed by atoms with Crippen molar-refractivity contribution in [1.29, 1.82) is 0 Å². The summed E-state index contributed by atoms with van der Waals surface area (Å²) in [6, 6.07) is 14.9. The van der Waals surface area contributed by atoms with Gasteiger partial charge in [0, 0.05) is 23.7 Å². The SMILES string of the molecule is O=C(OC1C2CC3C1OS(=O)(=O)C3C2C(=O)OC(CS(=O)(=O)O)(C(F)(F)F)C(F)(F)F)C1CC2c3ccccc3C1c1ccccc12. The van der Waals surface area contributed by atoms with Crippen LogP contribution in [0.3, 0.4) is 0 Å². The summed E-state index contributed by atoms with van der Waals surface area (Å²) >= 11 is 0. The summed E-state index contributed by atoms with van der Waals surface area (Å²) in [5.41, 5.74) is -1.97. The molecule has 0 aromatic heterocycles. The molecular formula is C29H24F6O10S2. The highest BCUT2D eigenvalue weighted by molar-refractivity contribution is 7.87. The molecule has 2 aromatic rings. The van der Waals surface area contributed by atoms with Crippen molar-refractivity contribution in [3.05, 3.63) is 70.8 Å². The molecule has 1 N–H and O–H groups in total. The van der Waals surface area contributed by atoms with Gasteiger partial charge in [0.05, 0.1) is 11.8 Å². The molecule has 0 spiro atoms. The summed E-state index contributed by atoms with van der Waals surface area (Å²) in [6.07, 6.45) is -16.1. The van der Waals surface area contributed by atoms with Crippen molar-refractivity contribution in [1.82, 2.24) is 0 Å². The Kier molecular flexibility index (Phi) is 6.98. The van der Waals surface area contributed by atoms with E-state index in [1.807, 2.05) is 36.4 Å². The molecule has 3 fully saturated rings. The van der Waals surface area contributed by atoms with Crippen LogP contribution in [0, 0.1) is 23.7 Å². The molecule has 47 heavy (non-hydrogen) atoms. The first-order chi connectivity index (χ1) is 21.8. The Balaban J connectivity index is 1.21. The van der Waals surface area contributed by atoms with E-state index < -0.39 is 103 Å². The lowest BCUT2D eigenvalue weighted by atomic mass is 9.59. The average molecular weight is 711 g/mol. The summed E-state index contributed by atoms with van der Waals surface area (Å²) in [4.78, 5) is 27.1. The molecule has 8 rings (SSSR count). The number of hydrogen-bond donors (Lipinski definition) is 1. The van der Waals surface area contributed by atoms with E-state index in [1.165, 1.54) is 0 Å². The largest absolute Gasteiger partial charge is 0.459 e. The van der Waals surface area contributed by atoms with Crippen molar-refractivity contribution in [3.8, 4) is 0 Å². The van der Waals surface area contributed by atoms with Gasteiger partial charge in [0.25, 0.3) is 20.2 Å². The smallest absolute Gasteiger partial charge is 0.438 e. The quantitative estimate of drug-likeness (QED) is 0.203. The van der Waals surface area contributed by atoms with E-state index in [0.717, 1.165) is 22.3 Å². The van der Waals surface area contributed by atoms with Crippen LogP contribution in [-0.4, -0.2) is 74.5 Å². The lowest BCUT2D eigenvalue weighted by molar-refractivity contribution is -0.362. The van der Waals surface area contributed by atoms with Crippen molar-refractivity contribution in [3.63, 3.8) is 0 Å². The van der Waals surface area contributed by atoms with E-state index in [-0.39, 0.29) is 12.3 Å². The van der Waals surface area contributed by atoms with Crippen LogP contribution in [0.2, 0.25) is 0 Å². The van der Waals surface area contributed by atoms with Crippen LogP contribution >= 0.6 is 0 Å². The van der Waals surface area contributed by atoms with Gasteiger partial charge in [-0.15, -0.1) is 0 Å². The molecule has 2 saturated carbocycles. The molecule has 0 radical (unpaired) electrons. The van der Waals surface area contributed by atoms with Crippen LogP contribution in [0.5, 0.6) is 0 Å². The van der Waals surface area contributed by atoms with E-state index in [1.54, 1.807) is 12.1 Å². The molecule has 7 atom stereocenters. The zero-order valence-corrected chi connectivity index (χ0v) is 25.3. The summed E-state index contributed by atoms with van der Waals surface area (Å²) < 4.78 is 156. The van der Waals surface area contributed by atoms with E-state index in [0.29, 0.717) is 6.42 Å². The highest BCUT2D eigenvalue weighted by atomic mass is 32.2. The Morgan fingerprint density at radius 2 is 1.38 bits per heavy atom. The molecule has 6 aliphatic rings. The monoisotopic (exact) mass is 710 g/mol. The second-order valence-electron chi connectivity index (χ2n) is 12.6. The van der Waals surface area contributed by atoms with Gasteiger partial charge >= 0.3 is 29.9 Å². The van der Waals surface area contributed by atoms with Gasteiger partial charge in [-0.3, -0.25) is 18.3 Å². The normalized spacial score (nSPS) is 33.3. The van der Waals surface area contributed by atoms with Gasteiger partial charge in [-0.25, -0.2) is 0 Å². The third-order valence-electron chi connectivity index (χ3n) is 10.2. The van der Waals surface area contributed by atoms with Gasteiger partial charge < -0.3 is 9.47 Å². The molecule has 1 aliphatic heterocycles. The fraction of sp³-hybridized carbons (Fsp3) is 0.517. The fourth-order valence-electron chi connectivity index (χ4n) is 8.51. The predicted octanol–water partition coefficient (Wildman–Crippen LogP) is 3.85. The number of benzene rings is 2. The first kappa shape index (κ1) is 32.3. The Labute approximate surface area is 263 Å². The van der Waals surface area contributed by atoms with Gasteiger partial charge in [-0.2, -0.15) is 43.2 Å². The number of hydrogen-bond acceptors (Lipinski definition) is 9. The zero-order valence-electron chi connectivity index (χ0n) is 23.6. The van der Waals surface area contributed by atoms with Gasteiger partial charge in [-0.05, 0) is 35.1 Å². The summed E-state index contributed by atoms with van der Waals surface area (Å²) in [6.45, 7) is 0. The number of halogens is 6. The highest BCUT2D eigenvalue weighted by Crippen LogP contribution is 2.61. The van der Waals surface area contributed by atoms with Crippen LogP contribution in [0.1, 0.15) is 46.9 Å². The molecule has 7 unspecified atom stereocenters. The Hall–Kier alpha value is -3.22. The highest BCUT2D eigenvalue weighted by Gasteiger charge is 2.78. The van der Waals surface area contributed by atoms with Crippen LogP contribution in [0.4, 0.5) is 26.3 Å². The van der Waals surface area contributed by atoms with Gasteiger partial charge in [0.2, 0.25) is 0 Å². The number of carbonyl (C=O) groups is 2. The number of fused-ring (bicyclic) bond motifs is 2. The summed E-state index contributed by atoms with van der Waals surface area (Å²) in [7, 11) is -10.9. The third kappa shape index (κ3) is 4.72. The minimum atomic E-state index is -6.61. The predicted molar refractivity (Wildman–Crippen MR) is 145 cm³/mol. The molecule has 1 saturated heterocycles. The molecule has 2 aromatic carbocycles. The molecule has 10 nitrogen and oxygen atoms in total. The van der Waals surface area contributed by atoms with Crippen LogP contribution < -0.4 is 0 Å². The second-order valence-corrected chi connectivity index (χ2v) is 15.8. The Bertz CT molecular complexity index is 1830. The van der Waals surface area contributed by atoms with Crippen molar-refractivity contribution in [2.75, 3.05) is 5.75 Å². The first-order valence-electron chi connectivity index (χ1n) is 14.4. The molecular weight excluding hydrogens is 686 g/mol. The number of carbonyl (C=O) groups excluding carboxylic acids is 2. The molecule has 1 heterocycles. The second kappa shape index (κ2) is 10.1. The van der Waals surface area contributed by atoms with E-state index in [4.69, 9.17) is 13.5 Å². The van der Waals surface area contributed by atoms with Crippen LogP contribution in [0.25, 0.3) is 0 Å². The fourth-order valence-corrected chi connectivity index (χ4v) is 11.5. The molecule has 0 amide bonds. The molecule has 18 heteroatoms. The minimum absolute atomic E-state index is 0.194. The minimum Gasteiger partial charge on any atom is -0.459 e. The summed E-state index contributed by atoms with van der Waals surface area (Å²) in [5, 5.41) is -1.94. The van der Waals surface area contributed by atoms with E-state index >= 15 is 0 Å². The lowest BCUT2D eigenvalue weighted by Crippen LogP contribution is -2.64. The third-order valence-corrected chi connectivity index (χ3v) is 12.8. The maximum atomic E-state index is 13.9. The van der Waals surface area contributed by atoms with Gasteiger partial charge in [0.15, 0.2) is 0 Å². The van der Waals surface area contributed by atoms with E-state index in [2.05, 4.69) is 4.74 Å². The van der Waals surface area contributed by atoms with E-state index in [9.17, 15) is 52.8 Å². The van der Waals surface area contributed by atoms with Crippen molar-refractivity contribution in [2.45, 2.75) is 60.1 Å². The zero-order chi connectivity index (χ0) is 34.1. The molecule has 254 valence electrons. The maximum absolute atomic E-state index is 13.9. The number of esters is 2. The Morgan fingerprint density at radius 1 is 0.851 bits per heavy atom. The van der Waals surface area contributed by atoms with Crippen molar-refractivity contribution in [2.24, 2.45) is 23.7 Å². The van der Waals surface area contributed by atoms with Crippen molar-refractivity contribution < 1.29 is 71.0 Å². The van der Waals surface area contributed by atoms with Crippen molar-refractivity contribution >= 4 is 32.2 Å². The lowest BCUT2D eigenvalue weighted by Gasteiger charge is -2.45. The Morgan fingerprint density at radius 3 is 1.89 bits per heavy atom. The maximum Gasteiger partial charge on any atom is 0.438 e. The number of rotatable bonds is 6. The van der Waals surface area contributed by atoms with Gasteiger partial charge in [-0.1, -0.05) is 48.5 Å². The topological polar surface area (TPSA) is 150 Å². The summed E-state index contributed by atoms with van der Waals surface area (Å²) in [5.74, 6) is -12.6. The van der Waals surface area contributed by atoms with Crippen LogP contribution in [-0.2, 0) is 43.5 Å². The standard InChI is InChI=1S/C29H24F6O10S2/c30-28(31,32)27(29(33,34)35,11-46(38,39)40)44-26(37)21-17-10-19-23(45-47(41,42)24(19)21)22(17)43-25(36)18-9-16-12-5-1-3-7-14(12)20(18)15-8-4-2-6-13(15)16/h1-8,16-24H,9-11H2,(H,38,39,40). The molecule has 5 aliphatic carbocycles. The number of alkyl halides is 6. The molecule has 4 bridgehead atoms. The first-order valence-corrected chi connectivity index (χ1v) is 17.5. The average Bonchev–Trinajstić information content (AvgIpc) is 3.58. The number of ether oxygens (including phenoxy) is 2. The van der Waals surface area contributed by atoms with Gasteiger partial charge in [0.1, 0.15) is 23.2 Å².